The topological polar surface area (TPSA) is 156 Å². The van der Waals surface area contributed by atoms with Crippen molar-refractivity contribution in [1.29, 1.82) is 5.41 Å². The van der Waals surface area contributed by atoms with Crippen molar-refractivity contribution in [3.05, 3.63) is 0 Å². The molecule has 0 bridgehead atoms. The van der Waals surface area contributed by atoms with Gasteiger partial charge in [-0.05, 0) is 71.1 Å². The van der Waals surface area contributed by atoms with Gasteiger partial charge in [0.2, 0.25) is 11.8 Å². The van der Waals surface area contributed by atoms with Gasteiger partial charge < -0.3 is 41.3 Å². The van der Waals surface area contributed by atoms with Crippen molar-refractivity contribution in [2.24, 2.45) is 0 Å². The van der Waals surface area contributed by atoms with E-state index in [2.05, 4.69) is 70.6 Å². The van der Waals surface area contributed by atoms with Gasteiger partial charge in [0.25, 0.3) is 0 Å². The number of aliphatic hydroxyl groups excluding tert-OH is 2. The first-order valence-electron chi connectivity index (χ1n) is 42.8. The highest BCUT2D eigenvalue weighted by atomic mass is 16.3. The molecule has 12 nitrogen and oxygen atoms in total. The average Bonchev–Trinajstić information content (AvgIpc) is 3.51. The van der Waals surface area contributed by atoms with Gasteiger partial charge in [0, 0.05) is 84.7 Å². The smallest absolute Gasteiger partial charge is 0.221 e. The molecule has 0 aromatic heterocycles. The van der Waals surface area contributed by atoms with Gasteiger partial charge in [0.15, 0.2) is 0 Å². The fourth-order valence-corrected chi connectivity index (χ4v) is 13.7. The second-order valence-electron chi connectivity index (χ2n) is 29.8. The monoisotopic (exact) mass is 1340 g/mol. The molecule has 7 N–H and O–H groups in total. The second-order valence-corrected chi connectivity index (χ2v) is 29.8. The number of nitrogens with zero attached hydrogens (tertiary/aromatic N) is 3. The Bertz CT molecular complexity index is 1500. The number of rotatable bonds is 81. The maximum Gasteiger partial charge on any atom is 0.221 e. The van der Waals surface area contributed by atoms with E-state index in [9.17, 15) is 19.8 Å². The highest BCUT2D eigenvalue weighted by molar-refractivity contribution is 5.79. The van der Waals surface area contributed by atoms with Gasteiger partial charge in [-0.25, -0.2) is 0 Å². The molecule has 0 radical (unpaired) electrons. The van der Waals surface area contributed by atoms with E-state index in [-0.39, 0.29) is 11.8 Å². The Morgan fingerprint density at radius 2 is 0.495 bits per heavy atom. The zero-order valence-corrected chi connectivity index (χ0v) is 64.8. The summed E-state index contributed by atoms with van der Waals surface area (Å²) in [5, 5.41) is 45.2. The van der Waals surface area contributed by atoms with Crippen LogP contribution in [-0.2, 0) is 9.59 Å². The van der Waals surface area contributed by atoms with Crippen LogP contribution >= 0.6 is 0 Å². The number of amides is 2. The van der Waals surface area contributed by atoms with Crippen molar-refractivity contribution in [2.45, 2.75) is 426 Å². The van der Waals surface area contributed by atoms with E-state index in [1.54, 1.807) is 0 Å². The zero-order chi connectivity index (χ0) is 69.1. The number of aliphatic hydroxyl groups is 2. The average molecular weight is 1340 g/mol. The lowest BCUT2D eigenvalue weighted by atomic mass is 10.1. The van der Waals surface area contributed by atoms with Crippen molar-refractivity contribution >= 4 is 17.6 Å². The standard InChI is InChI=1S/C83H170N8O4/c1-6-11-16-21-26-31-36-38-43-48-53-58-69-89(76-79(92)75-85-68-62-81(84)86-65-55-50-45-40-33-28-23-18-13-8-3)71-60-61-72-90(70-59-54-49-44-39-37-32-27-22-17-12-7-2)77-80(93)78-91(73-63-82(94)87-66-56-51-46-41-34-29-24-19-14-9-4)74-64-83(95)88-67-57-52-47-42-35-30-25-20-15-10-5/h79-80,85,92-93H,6-78H2,1-5H3,(H2,84,86)(H,87,94)(H,88,95). The van der Waals surface area contributed by atoms with E-state index < -0.39 is 12.2 Å². The minimum Gasteiger partial charge on any atom is -0.390 e. The van der Waals surface area contributed by atoms with E-state index in [0.29, 0.717) is 84.0 Å². The molecule has 0 fully saturated rings. The fraction of sp³-hybridized carbons (Fsp3) is 0.964. The van der Waals surface area contributed by atoms with E-state index in [4.69, 9.17) is 5.41 Å². The first-order valence-corrected chi connectivity index (χ1v) is 42.8. The Morgan fingerprint density at radius 1 is 0.274 bits per heavy atom. The van der Waals surface area contributed by atoms with Crippen LogP contribution in [0.1, 0.15) is 413 Å². The molecule has 0 saturated carbocycles. The summed E-state index contributed by atoms with van der Waals surface area (Å²) >= 11 is 0. The SMILES string of the molecule is CCCCCCCCCCCCCCN(CCCCN(CCCCCCCCCCCCCC)CC(O)CN(CCC(=O)NCCCCCCCCCCCC)CCC(=O)NCCCCCCCCCCCC)CC(O)CNCCC(=N)NCCCCCCCCCCCC. The molecule has 95 heavy (non-hydrogen) atoms. The Morgan fingerprint density at radius 3 is 0.779 bits per heavy atom. The number of hydrogen-bond donors (Lipinski definition) is 7. The van der Waals surface area contributed by atoms with Gasteiger partial charge in [0.05, 0.1) is 18.0 Å². The molecule has 0 aliphatic carbocycles. The lowest BCUT2D eigenvalue weighted by molar-refractivity contribution is -0.121. The summed E-state index contributed by atoms with van der Waals surface area (Å²) in [6.07, 6.45) is 72.9. The molecule has 12 heteroatoms. The summed E-state index contributed by atoms with van der Waals surface area (Å²) in [5.41, 5.74) is 0. The maximum absolute atomic E-state index is 13.3. The summed E-state index contributed by atoms with van der Waals surface area (Å²) in [6.45, 7) is 21.6. The summed E-state index contributed by atoms with van der Waals surface area (Å²) in [5.74, 6) is 0.725. The first kappa shape index (κ1) is 93.2. The van der Waals surface area contributed by atoms with Crippen LogP contribution in [0.2, 0.25) is 0 Å². The molecular formula is C83H170N8O4. The van der Waals surface area contributed by atoms with Gasteiger partial charge >= 0.3 is 0 Å². The maximum atomic E-state index is 13.3. The van der Waals surface area contributed by atoms with Crippen molar-refractivity contribution in [3.63, 3.8) is 0 Å². The van der Waals surface area contributed by atoms with E-state index in [1.807, 2.05) is 0 Å². The van der Waals surface area contributed by atoms with Crippen LogP contribution < -0.4 is 21.3 Å². The highest BCUT2D eigenvalue weighted by Crippen LogP contribution is 2.18. The zero-order valence-electron chi connectivity index (χ0n) is 64.8. The third-order valence-electron chi connectivity index (χ3n) is 20.1. The largest absolute Gasteiger partial charge is 0.390 e. The van der Waals surface area contributed by atoms with Crippen molar-refractivity contribution in [2.75, 3.05) is 91.6 Å². The van der Waals surface area contributed by atoms with E-state index >= 15 is 0 Å². The highest BCUT2D eigenvalue weighted by Gasteiger charge is 2.19. The number of unbranched alkanes of at least 4 members (excludes halogenated alkanes) is 50. The molecule has 566 valence electrons. The number of carbonyl (C=O) groups excluding carboxylic acids is 2. The predicted molar refractivity (Wildman–Crippen MR) is 417 cm³/mol. The molecule has 0 aromatic rings. The number of nitrogens with one attached hydrogen (secondary N) is 5. The summed E-state index contributed by atoms with van der Waals surface area (Å²) in [7, 11) is 0. The fourth-order valence-electron chi connectivity index (χ4n) is 13.7. The molecule has 0 spiro atoms. The molecule has 2 unspecified atom stereocenters. The molecule has 0 rings (SSSR count). The third-order valence-corrected chi connectivity index (χ3v) is 20.1. The van der Waals surface area contributed by atoms with Crippen LogP contribution in [0.25, 0.3) is 0 Å². The third kappa shape index (κ3) is 73.2. The molecule has 0 aromatic carbocycles. The van der Waals surface area contributed by atoms with Gasteiger partial charge in [-0.1, -0.05) is 349 Å². The van der Waals surface area contributed by atoms with Gasteiger partial charge in [0.1, 0.15) is 0 Å². The van der Waals surface area contributed by atoms with Crippen LogP contribution in [0.15, 0.2) is 0 Å². The van der Waals surface area contributed by atoms with Crippen LogP contribution in [0, 0.1) is 5.41 Å². The predicted octanol–water partition coefficient (Wildman–Crippen LogP) is 21.1. The van der Waals surface area contributed by atoms with Crippen molar-refractivity contribution in [3.8, 4) is 0 Å². The second kappa shape index (κ2) is 77.9. The molecule has 2 atom stereocenters. The van der Waals surface area contributed by atoms with Crippen LogP contribution in [-0.4, -0.2) is 146 Å². The van der Waals surface area contributed by atoms with E-state index in [1.165, 1.54) is 302 Å². The van der Waals surface area contributed by atoms with Crippen molar-refractivity contribution < 1.29 is 19.8 Å². The Balaban J connectivity index is 5.77. The lowest BCUT2D eigenvalue weighted by Crippen LogP contribution is -2.43. The van der Waals surface area contributed by atoms with Gasteiger partial charge in [-0.3, -0.25) is 19.9 Å². The normalized spacial score (nSPS) is 12.4. The minimum atomic E-state index is -0.592. The molecule has 0 heterocycles. The quantitative estimate of drug-likeness (QED) is 0.0179. The molecule has 0 saturated heterocycles. The molecule has 2 amide bonds. The van der Waals surface area contributed by atoms with Crippen molar-refractivity contribution in [1.82, 2.24) is 36.0 Å². The van der Waals surface area contributed by atoms with E-state index in [0.717, 1.165) is 90.5 Å². The molecule has 0 aliphatic rings. The van der Waals surface area contributed by atoms with Crippen LogP contribution in [0.3, 0.4) is 0 Å². The Hall–Kier alpha value is -1.83. The lowest BCUT2D eigenvalue weighted by Gasteiger charge is -2.30. The molecular weight excluding hydrogens is 1170 g/mol. The van der Waals surface area contributed by atoms with Crippen LogP contribution in [0.5, 0.6) is 0 Å². The van der Waals surface area contributed by atoms with Gasteiger partial charge in [-0.2, -0.15) is 0 Å². The molecule has 0 aliphatic heterocycles. The number of amidine groups is 1. The Kier molecular flexibility index (Phi) is 76.4. The first-order chi connectivity index (χ1) is 46.7. The minimum absolute atomic E-state index is 0.0650. The summed E-state index contributed by atoms with van der Waals surface area (Å²) in [4.78, 5) is 33.8. The van der Waals surface area contributed by atoms with Gasteiger partial charge in [-0.15, -0.1) is 0 Å². The summed E-state index contributed by atoms with van der Waals surface area (Å²) in [6, 6.07) is 0. The van der Waals surface area contributed by atoms with Crippen LogP contribution in [0.4, 0.5) is 0 Å². The number of hydrogen-bond acceptors (Lipinski definition) is 9. The Labute approximate surface area is 593 Å². The number of carbonyl (C=O) groups is 2. The summed E-state index contributed by atoms with van der Waals surface area (Å²) < 4.78 is 0.